The van der Waals surface area contributed by atoms with Gasteiger partial charge in [-0.25, -0.2) is 4.79 Å². The van der Waals surface area contributed by atoms with Crippen molar-refractivity contribution in [2.24, 2.45) is 0 Å². The molecule has 0 aliphatic carbocycles. The number of carboxylic acid groups (broad SMARTS) is 1. The van der Waals surface area contributed by atoms with E-state index in [1.807, 2.05) is 54.6 Å². The molecule has 1 saturated heterocycles. The molecule has 6 heteroatoms. The van der Waals surface area contributed by atoms with Gasteiger partial charge in [0.25, 0.3) is 5.91 Å². The van der Waals surface area contributed by atoms with E-state index in [9.17, 15) is 9.59 Å². The third kappa shape index (κ3) is 4.21. The molecule has 1 fully saturated rings. The predicted molar refractivity (Wildman–Crippen MR) is 95.9 cm³/mol. The molecule has 136 valence electrons. The Labute approximate surface area is 152 Å². The van der Waals surface area contributed by atoms with Gasteiger partial charge in [0.15, 0.2) is 12.7 Å². The minimum absolute atomic E-state index is 0.0300. The number of ether oxygens (including phenoxy) is 2. The Morgan fingerprint density at radius 1 is 1.12 bits per heavy atom. The van der Waals surface area contributed by atoms with Crippen LogP contribution in [0, 0.1) is 0 Å². The molecule has 26 heavy (non-hydrogen) atoms. The molecule has 0 aromatic heterocycles. The Morgan fingerprint density at radius 2 is 1.81 bits per heavy atom. The summed E-state index contributed by atoms with van der Waals surface area (Å²) in [5.74, 6) is -0.706. The van der Waals surface area contributed by atoms with Gasteiger partial charge in [-0.05, 0) is 18.6 Å². The largest absolute Gasteiger partial charge is 0.483 e. The lowest BCUT2D eigenvalue weighted by Gasteiger charge is -2.34. The van der Waals surface area contributed by atoms with Crippen LogP contribution in [0.2, 0.25) is 0 Å². The molecule has 1 amide bonds. The minimum Gasteiger partial charge on any atom is -0.483 e. The third-order valence-corrected chi connectivity index (χ3v) is 4.21. The van der Waals surface area contributed by atoms with Crippen LogP contribution in [0.4, 0.5) is 0 Å². The van der Waals surface area contributed by atoms with Crippen molar-refractivity contribution < 1.29 is 24.2 Å². The molecular formula is C20H21NO5. The van der Waals surface area contributed by atoms with E-state index in [2.05, 4.69) is 0 Å². The molecular weight excluding hydrogens is 334 g/mol. The lowest BCUT2D eigenvalue weighted by Crippen LogP contribution is -2.52. The topological polar surface area (TPSA) is 76.1 Å². The van der Waals surface area contributed by atoms with Crippen LogP contribution in [0.1, 0.15) is 6.92 Å². The molecule has 3 rings (SSSR count). The van der Waals surface area contributed by atoms with Crippen LogP contribution in [-0.2, 0) is 14.3 Å². The van der Waals surface area contributed by atoms with Crippen molar-refractivity contribution in [3.8, 4) is 16.9 Å². The molecule has 6 nitrogen and oxygen atoms in total. The summed E-state index contributed by atoms with van der Waals surface area (Å²) in [6.45, 7) is 1.98. The predicted octanol–water partition coefficient (Wildman–Crippen LogP) is 2.43. The summed E-state index contributed by atoms with van der Waals surface area (Å²) in [6, 6.07) is 17.3. The van der Waals surface area contributed by atoms with Crippen LogP contribution >= 0.6 is 0 Å². The Hall–Kier alpha value is -2.86. The molecule has 1 N–H and O–H groups in total. The molecule has 2 aromatic carbocycles. The van der Waals surface area contributed by atoms with Crippen LogP contribution in [0.5, 0.6) is 5.75 Å². The van der Waals surface area contributed by atoms with Crippen molar-refractivity contribution in [2.75, 3.05) is 19.7 Å². The van der Waals surface area contributed by atoms with Crippen LogP contribution in [0.3, 0.4) is 0 Å². The highest BCUT2D eigenvalue weighted by Crippen LogP contribution is 2.29. The number of benzene rings is 2. The Kier molecular flexibility index (Phi) is 5.53. The molecule has 1 aliphatic rings. The van der Waals surface area contributed by atoms with Crippen molar-refractivity contribution in [3.05, 3.63) is 54.6 Å². The van der Waals surface area contributed by atoms with E-state index in [-0.39, 0.29) is 25.2 Å². The van der Waals surface area contributed by atoms with E-state index >= 15 is 0 Å². The van der Waals surface area contributed by atoms with E-state index in [0.29, 0.717) is 12.3 Å². The second-order valence-electron chi connectivity index (χ2n) is 6.22. The van der Waals surface area contributed by atoms with Crippen LogP contribution in [0.25, 0.3) is 11.1 Å². The molecule has 0 bridgehead atoms. The second-order valence-corrected chi connectivity index (χ2v) is 6.22. The summed E-state index contributed by atoms with van der Waals surface area (Å²) in [5.41, 5.74) is 1.90. The van der Waals surface area contributed by atoms with Gasteiger partial charge in [-0.15, -0.1) is 0 Å². The van der Waals surface area contributed by atoms with Gasteiger partial charge in [-0.2, -0.15) is 0 Å². The highest BCUT2D eigenvalue weighted by atomic mass is 16.5. The van der Waals surface area contributed by atoms with Crippen molar-refractivity contribution in [1.29, 1.82) is 0 Å². The Bertz CT molecular complexity index is 777. The highest BCUT2D eigenvalue weighted by molar-refractivity contribution is 5.80. The lowest BCUT2D eigenvalue weighted by atomic mass is 10.1. The highest BCUT2D eigenvalue weighted by Gasteiger charge is 2.32. The number of carboxylic acids is 1. The lowest BCUT2D eigenvalue weighted by molar-refractivity contribution is -0.167. The molecule has 1 unspecified atom stereocenters. The van der Waals surface area contributed by atoms with Crippen molar-refractivity contribution in [2.45, 2.75) is 19.1 Å². The monoisotopic (exact) mass is 355 g/mol. The number of hydrogen-bond donors (Lipinski definition) is 1. The zero-order chi connectivity index (χ0) is 18.5. The van der Waals surface area contributed by atoms with Crippen LogP contribution in [0.15, 0.2) is 54.6 Å². The molecule has 0 saturated carbocycles. The second kappa shape index (κ2) is 8.01. The number of hydrogen-bond acceptors (Lipinski definition) is 4. The summed E-state index contributed by atoms with van der Waals surface area (Å²) >= 11 is 0. The first-order valence-corrected chi connectivity index (χ1v) is 8.48. The number of nitrogens with zero attached hydrogens (tertiary/aromatic N) is 1. The summed E-state index contributed by atoms with van der Waals surface area (Å²) in [6.07, 6.45) is -1.33. The van der Waals surface area contributed by atoms with E-state index in [0.717, 1.165) is 11.1 Å². The average molecular weight is 355 g/mol. The first-order valence-electron chi connectivity index (χ1n) is 8.48. The van der Waals surface area contributed by atoms with Crippen molar-refractivity contribution in [1.82, 2.24) is 4.90 Å². The summed E-state index contributed by atoms with van der Waals surface area (Å²) < 4.78 is 11.1. The normalized spacial score (nSPS) is 19.8. The molecule has 0 spiro atoms. The first kappa shape index (κ1) is 17.9. The maximum Gasteiger partial charge on any atom is 0.334 e. The number of rotatable bonds is 5. The first-order chi connectivity index (χ1) is 12.5. The van der Waals surface area contributed by atoms with Gasteiger partial charge in [0, 0.05) is 12.1 Å². The van der Waals surface area contributed by atoms with Crippen LogP contribution < -0.4 is 4.74 Å². The number of morpholine rings is 1. The van der Waals surface area contributed by atoms with Crippen molar-refractivity contribution in [3.63, 3.8) is 0 Å². The van der Waals surface area contributed by atoms with Crippen LogP contribution in [-0.4, -0.2) is 53.8 Å². The van der Waals surface area contributed by atoms with Gasteiger partial charge in [-0.1, -0.05) is 48.5 Å². The Morgan fingerprint density at radius 3 is 2.54 bits per heavy atom. The maximum atomic E-state index is 12.5. The number of para-hydroxylation sites is 1. The molecule has 2 atom stereocenters. The van der Waals surface area contributed by atoms with E-state index in [4.69, 9.17) is 14.6 Å². The van der Waals surface area contributed by atoms with Gasteiger partial charge in [0.05, 0.1) is 12.6 Å². The molecule has 0 radical (unpaired) electrons. The minimum atomic E-state index is -1.07. The van der Waals surface area contributed by atoms with E-state index in [1.54, 1.807) is 6.92 Å². The van der Waals surface area contributed by atoms with Gasteiger partial charge in [0.1, 0.15) is 5.75 Å². The quantitative estimate of drug-likeness (QED) is 0.891. The summed E-state index contributed by atoms with van der Waals surface area (Å²) in [7, 11) is 0. The Balaban J connectivity index is 1.68. The zero-order valence-electron chi connectivity index (χ0n) is 14.5. The van der Waals surface area contributed by atoms with Gasteiger partial charge < -0.3 is 19.5 Å². The van der Waals surface area contributed by atoms with Gasteiger partial charge in [0.2, 0.25) is 0 Å². The fourth-order valence-electron chi connectivity index (χ4n) is 2.97. The van der Waals surface area contributed by atoms with Gasteiger partial charge >= 0.3 is 5.97 Å². The third-order valence-electron chi connectivity index (χ3n) is 4.21. The number of aliphatic carboxylic acids is 1. The van der Waals surface area contributed by atoms with Crippen molar-refractivity contribution >= 4 is 11.9 Å². The SMILES string of the molecule is C[C@@H]1CN(C(=O)COc2ccccc2-c2ccccc2)CC(C(=O)O)O1. The standard InChI is InChI=1S/C20H21NO5/c1-14-11-21(12-18(26-14)20(23)24)19(22)13-25-17-10-6-5-9-16(17)15-7-3-2-4-8-15/h2-10,14,18H,11-13H2,1H3,(H,23,24)/t14-,18?/m1/s1. The summed E-state index contributed by atoms with van der Waals surface area (Å²) in [4.78, 5) is 25.1. The van der Waals surface area contributed by atoms with E-state index in [1.165, 1.54) is 4.90 Å². The smallest absolute Gasteiger partial charge is 0.334 e. The van der Waals surface area contributed by atoms with Gasteiger partial charge in [-0.3, -0.25) is 4.79 Å². The fraction of sp³-hybridized carbons (Fsp3) is 0.300. The zero-order valence-corrected chi connectivity index (χ0v) is 14.5. The van der Waals surface area contributed by atoms with E-state index < -0.39 is 12.1 Å². The number of carbonyl (C=O) groups excluding carboxylic acids is 1. The molecule has 1 heterocycles. The average Bonchev–Trinajstić information content (AvgIpc) is 2.66. The molecule has 2 aromatic rings. The maximum absolute atomic E-state index is 12.5. The number of carbonyl (C=O) groups is 2. The fourth-order valence-corrected chi connectivity index (χ4v) is 2.97. The summed E-state index contributed by atoms with van der Waals surface area (Å²) in [5, 5.41) is 9.13. The molecule has 1 aliphatic heterocycles. The number of amides is 1.